The Morgan fingerprint density at radius 1 is 0.929 bits per heavy atom. The minimum absolute atomic E-state index is 0.163. The number of pyridine rings is 1. The fraction of sp³-hybridized carbons (Fsp3) is 0.0952. The Kier molecular flexibility index (Phi) is 5.60. The molecule has 0 aliphatic carbocycles. The maximum absolute atomic E-state index is 12.8. The third-order valence-electron chi connectivity index (χ3n) is 4.13. The predicted molar refractivity (Wildman–Crippen MR) is 111 cm³/mol. The summed E-state index contributed by atoms with van der Waals surface area (Å²) in [6.45, 7) is 0.486. The van der Waals surface area contributed by atoms with Gasteiger partial charge in [0.2, 0.25) is 0 Å². The normalized spacial score (nSPS) is 10.9. The van der Waals surface area contributed by atoms with Crippen molar-refractivity contribution >= 4 is 23.4 Å². The lowest BCUT2D eigenvalue weighted by Crippen LogP contribution is -2.21. The van der Waals surface area contributed by atoms with Crippen LogP contribution in [0.1, 0.15) is 11.1 Å². The molecule has 2 heterocycles. The first-order valence-electron chi connectivity index (χ1n) is 8.63. The van der Waals surface area contributed by atoms with E-state index in [4.69, 9.17) is 16.0 Å². The molecule has 0 saturated carbocycles. The van der Waals surface area contributed by atoms with Crippen LogP contribution in [0.2, 0.25) is 5.02 Å². The molecule has 0 radical (unpaired) electrons. The van der Waals surface area contributed by atoms with Gasteiger partial charge in [0.05, 0.1) is 6.54 Å². The highest BCUT2D eigenvalue weighted by Crippen LogP contribution is 2.25. The lowest BCUT2D eigenvalue weighted by molar-refractivity contribution is 0.465. The van der Waals surface area contributed by atoms with E-state index in [1.807, 2.05) is 60.7 Å². The zero-order chi connectivity index (χ0) is 19.3. The second kappa shape index (κ2) is 8.46. The van der Waals surface area contributed by atoms with Gasteiger partial charge in [-0.1, -0.05) is 65.8 Å². The summed E-state index contributed by atoms with van der Waals surface area (Å²) in [4.78, 5) is 12.8. The molecule has 5 nitrogen and oxygen atoms in total. The average molecular weight is 410 g/mol. The second-order valence-corrected chi connectivity index (χ2v) is 7.49. The van der Waals surface area contributed by atoms with E-state index < -0.39 is 0 Å². The monoisotopic (exact) mass is 409 g/mol. The zero-order valence-corrected chi connectivity index (χ0v) is 16.4. The lowest BCUT2D eigenvalue weighted by atomic mass is 10.2. The van der Waals surface area contributed by atoms with E-state index in [-0.39, 0.29) is 11.4 Å². The van der Waals surface area contributed by atoms with Crippen molar-refractivity contribution in [1.29, 1.82) is 0 Å². The fourth-order valence-corrected chi connectivity index (χ4v) is 3.55. The Labute approximate surface area is 171 Å². The van der Waals surface area contributed by atoms with E-state index in [9.17, 15) is 4.79 Å². The molecule has 2 aromatic heterocycles. The molecular weight excluding hydrogens is 394 g/mol. The summed E-state index contributed by atoms with van der Waals surface area (Å²) in [5.41, 5.74) is 2.37. The molecule has 0 saturated heterocycles. The van der Waals surface area contributed by atoms with E-state index in [2.05, 4.69) is 10.2 Å². The van der Waals surface area contributed by atoms with Gasteiger partial charge in [0, 0.05) is 17.0 Å². The van der Waals surface area contributed by atoms with Gasteiger partial charge in [-0.25, -0.2) is 0 Å². The Bertz CT molecular complexity index is 1120. The molecule has 0 unspecified atom stereocenters. The van der Waals surface area contributed by atoms with Crippen LogP contribution in [0.15, 0.2) is 87.4 Å². The Balaban J connectivity index is 1.51. The zero-order valence-electron chi connectivity index (χ0n) is 14.8. The van der Waals surface area contributed by atoms with Crippen LogP contribution >= 0.6 is 23.4 Å². The molecule has 0 aliphatic heterocycles. The van der Waals surface area contributed by atoms with Gasteiger partial charge in [0.15, 0.2) is 0 Å². The number of thioether (sulfide) groups is 1. The highest BCUT2D eigenvalue weighted by molar-refractivity contribution is 7.98. The van der Waals surface area contributed by atoms with Crippen LogP contribution in [-0.2, 0) is 12.3 Å². The third kappa shape index (κ3) is 4.35. The standard InChI is InChI=1S/C21H16ClN3O2S/c22-17-10-8-16(9-11-17)14-28-21-24-23-19(27-21)18-7-4-12-25(20(18)26)13-15-5-2-1-3-6-15/h1-12H,13-14H2. The number of nitrogens with zero attached hydrogens (tertiary/aromatic N) is 3. The van der Waals surface area contributed by atoms with Crippen LogP contribution in [0, 0.1) is 0 Å². The molecule has 4 rings (SSSR count). The van der Waals surface area contributed by atoms with Crippen LogP contribution in [0.3, 0.4) is 0 Å². The van der Waals surface area contributed by atoms with Crippen LogP contribution in [0.25, 0.3) is 11.5 Å². The summed E-state index contributed by atoms with van der Waals surface area (Å²) < 4.78 is 7.34. The minimum Gasteiger partial charge on any atom is -0.411 e. The van der Waals surface area contributed by atoms with Crippen LogP contribution in [0.5, 0.6) is 0 Å². The number of aromatic nitrogens is 3. The first-order chi connectivity index (χ1) is 13.7. The van der Waals surface area contributed by atoms with Crippen molar-refractivity contribution in [2.45, 2.75) is 17.5 Å². The first kappa shape index (κ1) is 18.5. The van der Waals surface area contributed by atoms with E-state index in [0.717, 1.165) is 11.1 Å². The first-order valence-corrected chi connectivity index (χ1v) is 10.00. The van der Waals surface area contributed by atoms with Gasteiger partial charge in [0.25, 0.3) is 16.7 Å². The maximum atomic E-state index is 12.8. The summed E-state index contributed by atoms with van der Waals surface area (Å²) in [6, 6.07) is 20.9. The second-order valence-electron chi connectivity index (χ2n) is 6.13. The van der Waals surface area contributed by atoms with Crippen LogP contribution in [0.4, 0.5) is 0 Å². The third-order valence-corrected chi connectivity index (χ3v) is 5.27. The van der Waals surface area contributed by atoms with Gasteiger partial charge in [-0.3, -0.25) is 4.79 Å². The molecule has 4 aromatic rings. The van der Waals surface area contributed by atoms with Crippen molar-refractivity contribution < 1.29 is 4.42 Å². The molecule has 2 aromatic carbocycles. The van der Waals surface area contributed by atoms with Crippen molar-refractivity contribution in [3.8, 4) is 11.5 Å². The molecule has 0 fully saturated rings. The molecule has 140 valence electrons. The molecular formula is C21H16ClN3O2S. The summed E-state index contributed by atoms with van der Waals surface area (Å²) in [6.07, 6.45) is 1.76. The molecule has 0 amide bonds. The molecule has 0 bridgehead atoms. The van der Waals surface area contributed by atoms with Crippen molar-refractivity contribution in [3.05, 3.63) is 99.4 Å². The highest BCUT2D eigenvalue weighted by Gasteiger charge is 2.14. The van der Waals surface area contributed by atoms with Crippen molar-refractivity contribution in [2.24, 2.45) is 0 Å². The van der Waals surface area contributed by atoms with Crippen LogP contribution in [-0.4, -0.2) is 14.8 Å². The van der Waals surface area contributed by atoms with E-state index in [0.29, 0.717) is 28.1 Å². The topological polar surface area (TPSA) is 60.9 Å². The Hall–Kier alpha value is -2.83. The quantitative estimate of drug-likeness (QED) is 0.424. The van der Waals surface area contributed by atoms with Gasteiger partial charge in [-0.15, -0.1) is 10.2 Å². The number of hydrogen-bond donors (Lipinski definition) is 0. The molecule has 0 N–H and O–H groups in total. The predicted octanol–water partition coefficient (Wildman–Crippen LogP) is 4.89. The summed E-state index contributed by atoms with van der Waals surface area (Å²) in [7, 11) is 0. The lowest BCUT2D eigenvalue weighted by Gasteiger charge is -2.06. The molecule has 7 heteroatoms. The number of benzene rings is 2. The van der Waals surface area contributed by atoms with Gasteiger partial charge >= 0.3 is 0 Å². The molecule has 0 atom stereocenters. The summed E-state index contributed by atoms with van der Waals surface area (Å²) in [5.74, 6) is 0.900. The van der Waals surface area contributed by atoms with Gasteiger partial charge in [-0.2, -0.15) is 0 Å². The number of hydrogen-bond acceptors (Lipinski definition) is 5. The minimum atomic E-state index is -0.163. The van der Waals surface area contributed by atoms with Crippen molar-refractivity contribution in [1.82, 2.24) is 14.8 Å². The molecule has 0 aliphatic rings. The van der Waals surface area contributed by atoms with E-state index in [1.165, 1.54) is 11.8 Å². The van der Waals surface area contributed by atoms with Gasteiger partial charge in [0.1, 0.15) is 5.56 Å². The largest absolute Gasteiger partial charge is 0.411 e. The number of rotatable bonds is 6. The van der Waals surface area contributed by atoms with E-state index >= 15 is 0 Å². The van der Waals surface area contributed by atoms with Gasteiger partial charge in [-0.05, 0) is 35.4 Å². The number of halogens is 1. The average Bonchev–Trinajstić information content (AvgIpc) is 3.19. The van der Waals surface area contributed by atoms with Crippen LogP contribution < -0.4 is 5.56 Å². The van der Waals surface area contributed by atoms with Crippen molar-refractivity contribution in [3.63, 3.8) is 0 Å². The Morgan fingerprint density at radius 2 is 1.71 bits per heavy atom. The van der Waals surface area contributed by atoms with Crippen molar-refractivity contribution in [2.75, 3.05) is 0 Å². The fourth-order valence-electron chi connectivity index (χ4n) is 2.71. The smallest absolute Gasteiger partial charge is 0.277 e. The highest BCUT2D eigenvalue weighted by atomic mass is 35.5. The molecule has 0 spiro atoms. The maximum Gasteiger partial charge on any atom is 0.277 e. The molecule has 28 heavy (non-hydrogen) atoms. The van der Waals surface area contributed by atoms with E-state index in [1.54, 1.807) is 16.8 Å². The Morgan fingerprint density at radius 3 is 2.50 bits per heavy atom. The summed E-state index contributed by atoms with van der Waals surface area (Å²) >= 11 is 7.31. The van der Waals surface area contributed by atoms with Gasteiger partial charge < -0.3 is 8.98 Å². The summed E-state index contributed by atoms with van der Waals surface area (Å²) in [5, 5.41) is 9.22. The SMILES string of the molecule is O=c1c(-c2nnc(SCc3ccc(Cl)cc3)o2)cccn1Cc1ccccc1.